The normalized spacial score (nSPS) is 10.2. The highest BCUT2D eigenvalue weighted by atomic mass is 16.5. The molecule has 0 aliphatic rings. The molecule has 22 heavy (non-hydrogen) atoms. The molecule has 0 heterocycles. The second-order valence-corrected chi connectivity index (χ2v) is 4.73. The summed E-state index contributed by atoms with van der Waals surface area (Å²) in [6, 6.07) is 22.0. The number of para-hydroxylation sites is 6. The lowest BCUT2D eigenvalue weighted by atomic mass is 10.2. The van der Waals surface area contributed by atoms with E-state index in [1.54, 1.807) is 12.1 Å². The van der Waals surface area contributed by atoms with Gasteiger partial charge in [0.15, 0.2) is 23.0 Å². The molecule has 0 spiro atoms. The molecule has 0 bridgehead atoms. The van der Waals surface area contributed by atoms with E-state index in [0.717, 1.165) is 0 Å². The van der Waals surface area contributed by atoms with Gasteiger partial charge in [-0.05, 0) is 36.4 Å². The van der Waals surface area contributed by atoms with Gasteiger partial charge < -0.3 is 20.9 Å². The third kappa shape index (κ3) is 2.96. The quantitative estimate of drug-likeness (QED) is 0.698. The highest BCUT2D eigenvalue weighted by Crippen LogP contribution is 2.37. The lowest BCUT2D eigenvalue weighted by Gasteiger charge is -2.14. The van der Waals surface area contributed by atoms with Crippen molar-refractivity contribution >= 4 is 11.4 Å². The highest BCUT2D eigenvalue weighted by Gasteiger charge is 2.09. The largest absolute Gasteiger partial charge is 0.451 e. The summed E-state index contributed by atoms with van der Waals surface area (Å²) in [6.07, 6.45) is 0. The highest BCUT2D eigenvalue weighted by molar-refractivity contribution is 5.57. The standard InChI is InChI=1S/C18H16N2O2/c19-13-7-1-3-9-15(13)21-17-11-5-6-12-18(17)22-16-10-4-2-8-14(16)20/h1-12H,19-20H2. The Morgan fingerprint density at radius 1 is 0.455 bits per heavy atom. The number of benzene rings is 3. The van der Waals surface area contributed by atoms with Gasteiger partial charge in [-0.25, -0.2) is 0 Å². The Kier molecular flexibility index (Phi) is 3.83. The summed E-state index contributed by atoms with van der Waals surface area (Å²) in [5, 5.41) is 0. The van der Waals surface area contributed by atoms with Gasteiger partial charge in [0.25, 0.3) is 0 Å². The first-order chi connectivity index (χ1) is 10.7. The molecule has 4 heteroatoms. The lowest BCUT2D eigenvalue weighted by Crippen LogP contribution is -1.95. The van der Waals surface area contributed by atoms with Gasteiger partial charge in [-0.1, -0.05) is 36.4 Å². The summed E-state index contributed by atoms with van der Waals surface area (Å²) in [4.78, 5) is 0. The number of hydrogen-bond donors (Lipinski definition) is 2. The predicted octanol–water partition coefficient (Wildman–Crippen LogP) is 4.44. The van der Waals surface area contributed by atoms with Crippen LogP contribution in [0.15, 0.2) is 72.8 Å². The van der Waals surface area contributed by atoms with Gasteiger partial charge in [-0.3, -0.25) is 0 Å². The zero-order chi connectivity index (χ0) is 15.4. The first-order valence-corrected chi connectivity index (χ1v) is 6.88. The molecule has 3 aromatic carbocycles. The number of ether oxygens (including phenoxy) is 2. The van der Waals surface area contributed by atoms with Crippen LogP contribution >= 0.6 is 0 Å². The topological polar surface area (TPSA) is 70.5 Å². The zero-order valence-corrected chi connectivity index (χ0v) is 11.9. The van der Waals surface area contributed by atoms with Crippen molar-refractivity contribution in [1.82, 2.24) is 0 Å². The van der Waals surface area contributed by atoms with Crippen LogP contribution in [0.4, 0.5) is 11.4 Å². The van der Waals surface area contributed by atoms with Crippen LogP contribution in [0.5, 0.6) is 23.0 Å². The fourth-order valence-corrected chi connectivity index (χ4v) is 2.00. The van der Waals surface area contributed by atoms with Crippen LogP contribution in [-0.4, -0.2) is 0 Å². The van der Waals surface area contributed by atoms with Crippen molar-refractivity contribution in [2.75, 3.05) is 11.5 Å². The molecule has 0 aromatic heterocycles. The predicted molar refractivity (Wildman–Crippen MR) is 88.3 cm³/mol. The first kappa shape index (κ1) is 13.8. The molecule has 0 aliphatic heterocycles. The van der Waals surface area contributed by atoms with Crippen LogP contribution in [-0.2, 0) is 0 Å². The Labute approximate surface area is 128 Å². The first-order valence-electron chi connectivity index (χ1n) is 6.88. The molecule has 4 N–H and O–H groups in total. The zero-order valence-electron chi connectivity index (χ0n) is 11.9. The second-order valence-electron chi connectivity index (χ2n) is 4.73. The third-order valence-corrected chi connectivity index (χ3v) is 3.13. The lowest BCUT2D eigenvalue weighted by molar-refractivity contribution is 0.421. The van der Waals surface area contributed by atoms with Crippen molar-refractivity contribution in [3.05, 3.63) is 72.8 Å². The number of rotatable bonds is 4. The molecule has 0 amide bonds. The third-order valence-electron chi connectivity index (χ3n) is 3.13. The van der Waals surface area contributed by atoms with Crippen molar-refractivity contribution in [2.24, 2.45) is 0 Å². The van der Waals surface area contributed by atoms with Gasteiger partial charge in [-0.2, -0.15) is 0 Å². The van der Waals surface area contributed by atoms with Crippen molar-refractivity contribution in [1.29, 1.82) is 0 Å². The van der Waals surface area contributed by atoms with Crippen molar-refractivity contribution in [2.45, 2.75) is 0 Å². The molecule has 0 fully saturated rings. The van der Waals surface area contributed by atoms with Crippen LogP contribution in [0.1, 0.15) is 0 Å². The fourth-order valence-electron chi connectivity index (χ4n) is 2.00. The maximum Gasteiger partial charge on any atom is 0.170 e. The number of anilines is 2. The van der Waals surface area contributed by atoms with E-state index in [9.17, 15) is 0 Å². The molecule has 0 aliphatic carbocycles. The summed E-state index contributed by atoms with van der Waals surface area (Å²) in [6.45, 7) is 0. The average molecular weight is 292 g/mol. The Balaban J connectivity index is 1.91. The van der Waals surface area contributed by atoms with Gasteiger partial charge in [0, 0.05) is 0 Å². The van der Waals surface area contributed by atoms with Gasteiger partial charge in [0.1, 0.15) is 0 Å². The molecular formula is C18H16N2O2. The minimum Gasteiger partial charge on any atom is -0.451 e. The van der Waals surface area contributed by atoms with Crippen LogP contribution in [0.2, 0.25) is 0 Å². The van der Waals surface area contributed by atoms with E-state index >= 15 is 0 Å². The van der Waals surface area contributed by atoms with E-state index in [1.165, 1.54) is 0 Å². The SMILES string of the molecule is Nc1ccccc1Oc1ccccc1Oc1ccccc1N. The van der Waals surface area contributed by atoms with Gasteiger partial charge in [-0.15, -0.1) is 0 Å². The van der Waals surface area contributed by atoms with Crippen LogP contribution in [0.3, 0.4) is 0 Å². The second kappa shape index (κ2) is 6.10. The van der Waals surface area contributed by atoms with E-state index < -0.39 is 0 Å². The Hall–Kier alpha value is -3.14. The Morgan fingerprint density at radius 2 is 0.773 bits per heavy atom. The summed E-state index contributed by atoms with van der Waals surface area (Å²) in [5.74, 6) is 2.31. The van der Waals surface area contributed by atoms with Crippen molar-refractivity contribution < 1.29 is 9.47 Å². The monoisotopic (exact) mass is 292 g/mol. The molecular weight excluding hydrogens is 276 g/mol. The van der Waals surface area contributed by atoms with Gasteiger partial charge in [0.05, 0.1) is 11.4 Å². The number of hydrogen-bond acceptors (Lipinski definition) is 4. The molecule has 3 aromatic rings. The van der Waals surface area contributed by atoms with E-state index in [1.807, 2.05) is 60.7 Å². The fraction of sp³-hybridized carbons (Fsp3) is 0. The smallest absolute Gasteiger partial charge is 0.170 e. The molecule has 0 unspecified atom stereocenters. The maximum atomic E-state index is 5.91. The van der Waals surface area contributed by atoms with E-state index in [2.05, 4.69) is 0 Å². The Morgan fingerprint density at radius 3 is 1.14 bits per heavy atom. The Bertz CT molecular complexity index is 721. The van der Waals surface area contributed by atoms with E-state index in [-0.39, 0.29) is 0 Å². The van der Waals surface area contributed by atoms with Crippen LogP contribution < -0.4 is 20.9 Å². The molecule has 4 nitrogen and oxygen atoms in total. The summed E-state index contributed by atoms with van der Waals surface area (Å²) < 4.78 is 11.7. The van der Waals surface area contributed by atoms with Crippen LogP contribution in [0.25, 0.3) is 0 Å². The minimum atomic E-state index is 0.566. The van der Waals surface area contributed by atoms with Crippen molar-refractivity contribution in [3.63, 3.8) is 0 Å². The number of nitrogen functional groups attached to an aromatic ring is 2. The molecule has 110 valence electrons. The molecule has 0 saturated heterocycles. The summed E-state index contributed by atoms with van der Waals surface area (Å²) >= 11 is 0. The average Bonchev–Trinajstić information content (AvgIpc) is 2.53. The van der Waals surface area contributed by atoms with Crippen LogP contribution in [0, 0.1) is 0 Å². The molecule has 0 atom stereocenters. The van der Waals surface area contributed by atoms with Gasteiger partial charge in [0.2, 0.25) is 0 Å². The van der Waals surface area contributed by atoms with E-state index in [4.69, 9.17) is 20.9 Å². The number of nitrogens with two attached hydrogens (primary N) is 2. The van der Waals surface area contributed by atoms with E-state index in [0.29, 0.717) is 34.4 Å². The summed E-state index contributed by atoms with van der Waals surface area (Å²) in [5.41, 5.74) is 13.0. The van der Waals surface area contributed by atoms with Crippen molar-refractivity contribution in [3.8, 4) is 23.0 Å². The molecule has 3 rings (SSSR count). The molecule has 0 saturated carbocycles. The molecule has 0 radical (unpaired) electrons. The maximum absolute atomic E-state index is 5.91. The van der Waals surface area contributed by atoms with Gasteiger partial charge >= 0.3 is 0 Å². The summed E-state index contributed by atoms with van der Waals surface area (Å²) in [7, 11) is 0. The minimum absolute atomic E-state index is 0.566.